The lowest BCUT2D eigenvalue weighted by atomic mass is 9.84. The quantitative estimate of drug-likeness (QED) is 0.0565. The lowest BCUT2D eigenvalue weighted by Crippen LogP contribution is -2.53. The summed E-state index contributed by atoms with van der Waals surface area (Å²) in [6.07, 6.45) is 1.76. The average molecular weight is 615 g/mol. The van der Waals surface area contributed by atoms with Crippen molar-refractivity contribution in [3.05, 3.63) is 123 Å². The van der Waals surface area contributed by atoms with Crippen LogP contribution in [0.2, 0.25) is 0 Å². The fourth-order valence-electron chi connectivity index (χ4n) is 4.01. The molecule has 2 aromatic carbocycles. The number of hydrazine groups is 1. The number of aliphatic hydroxyl groups is 1. The first-order valence-electron chi connectivity index (χ1n) is 12.3. The van der Waals surface area contributed by atoms with E-state index in [-0.39, 0.29) is 18.0 Å². The molecule has 0 saturated heterocycles. The predicted octanol–water partition coefficient (Wildman–Crippen LogP) is 3.95. The minimum absolute atomic E-state index is 0.130. The molecular formula is C29H23F5N6O2S. The Labute approximate surface area is 246 Å². The number of nitrogens with zero attached hydrogens (tertiary/aromatic N) is 3. The number of hydrogen-bond donors (Lipinski definition) is 4. The Morgan fingerprint density at radius 1 is 1.07 bits per heavy atom. The second kappa shape index (κ2) is 13.0. The third-order valence-corrected chi connectivity index (χ3v) is 7.11. The molecule has 1 amide bonds. The number of nitrogens with two attached hydrogens (primary N) is 2. The van der Waals surface area contributed by atoms with Gasteiger partial charge in [-0.25, -0.2) is 19.0 Å². The maximum absolute atomic E-state index is 15.8. The largest absolute Gasteiger partial charge is 0.377 e. The van der Waals surface area contributed by atoms with Crippen LogP contribution in [0.25, 0.3) is 0 Å². The van der Waals surface area contributed by atoms with E-state index in [0.717, 1.165) is 29.9 Å². The number of nitrogens with one attached hydrogen (secondary N) is 1. The number of amides is 1. The van der Waals surface area contributed by atoms with Crippen LogP contribution in [-0.4, -0.2) is 33.9 Å². The van der Waals surface area contributed by atoms with Gasteiger partial charge in [0.15, 0.2) is 5.60 Å². The molecule has 6 N–H and O–H groups in total. The summed E-state index contributed by atoms with van der Waals surface area (Å²) in [5, 5.41) is 17.5. The highest BCUT2D eigenvalue weighted by Gasteiger charge is 2.58. The van der Waals surface area contributed by atoms with Gasteiger partial charge in [-0.05, 0) is 54.1 Å². The first kappa shape index (κ1) is 31.1. The molecule has 2 aromatic heterocycles. The van der Waals surface area contributed by atoms with E-state index < -0.39 is 46.8 Å². The van der Waals surface area contributed by atoms with Gasteiger partial charge in [0.25, 0.3) is 5.91 Å². The minimum Gasteiger partial charge on any atom is -0.377 e. The van der Waals surface area contributed by atoms with Crippen LogP contribution in [0.1, 0.15) is 36.9 Å². The van der Waals surface area contributed by atoms with Gasteiger partial charge in [-0.2, -0.15) is 13.9 Å². The molecule has 0 bridgehead atoms. The highest BCUT2D eigenvalue weighted by molar-refractivity contribution is 7.14. The van der Waals surface area contributed by atoms with Gasteiger partial charge in [0.05, 0.1) is 16.3 Å². The molecule has 2 heterocycles. The molecular weight excluding hydrogens is 591 g/mol. The molecule has 1 unspecified atom stereocenters. The average Bonchev–Trinajstić information content (AvgIpc) is 3.44. The van der Waals surface area contributed by atoms with Crippen molar-refractivity contribution in [2.24, 2.45) is 16.8 Å². The fourth-order valence-corrected chi connectivity index (χ4v) is 4.79. The fraction of sp³-hybridized carbons (Fsp3) is 0.138. The zero-order valence-corrected chi connectivity index (χ0v) is 22.9. The number of hydrazone groups is 1. The van der Waals surface area contributed by atoms with Crippen molar-refractivity contribution in [3.63, 3.8) is 0 Å². The second-order valence-electron chi connectivity index (χ2n) is 9.15. The minimum atomic E-state index is -4.25. The second-order valence-corrected chi connectivity index (χ2v) is 10.2. The molecule has 0 radical (unpaired) electrons. The van der Waals surface area contributed by atoms with Crippen LogP contribution in [0.5, 0.6) is 0 Å². The van der Waals surface area contributed by atoms with Crippen LogP contribution in [0, 0.1) is 29.3 Å². The summed E-state index contributed by atoms with van der Waals surface area (Å²) in [5.41, 5.74) is -4.40. The van der Waals surface area contributed by atoms with Gasteiger partial charge < -0.3 is 16.3 Å². The lowest BCUT2D eigenvalue weighted by molar-refractivity contribution is -0.203. The van der Waals surface area contributed by atoms with Crippen LogP contribution in [0.3, 0.4) is 0 Å². The Morgan fingerprint density at radius 3 is 2.51 bits per heavy atom. The Bertz CT molecular complexity index is 1700. The summed E-state index contributed by atoms with van der Waals surface area (Å²) in [7, 11) is 0. The van der Waals surface area contributed by atoms with E-state index in [0.29, 0.717) is 38.5 Å². The standard InChI is InChI=1S/C29H23F5N6O2S/c30-20-3-1-2-19(12-20)15-38-27(41)25-10-8-22(43-25)7-4-18-5-11-26(37-14-18)29(33,34)28(42,16-40(36)17-39-35)23-9-6-21(31)13-24(23)32/h1-3,5-6,8-14,17,42H,15-16,35-36H2,(H,38,41)/b39-17-. The highest BCUT2D eigenvalue weighted by atomic mass is 32.1. The first-order chi connectivity index (χ1) is 20.4. The topological polar surface area (TPSA) is 130 Å². The molecule has 4 aromatic rings. The van der Waals surface area contributed by atoms with Crippen molar-refractivity contribution >= 4 is 23.6 Å². The molecule has 0 aliphatic heterocycles. The Hall–Kier alpha value is -4.84. The van der Waals surface area contributed by atoms with Crippen molar-refractivity contribution in [1.82, 2.24) is 15.3 Å². The van der Waals surface area contributed by atoms with Gasteiger partial charge in [-0.1, -0.05) is 24.0 Å². The number of rotatable bonds is 9. The molecule has 0 saturated carbocycles. The van der Waals surface area contributed by atoms with Crippen molar-refractivity contribution in [3.8, 4) is 11.8 Å². The van der Waals surface area contributed by atoms with E-state index in [1.807, 2.05) is 0 Å². The number of hydrogen-bond acceptors (Lipinski definition) is 7. The van der Waals surface area contributed by atoms with Gasteiger partial charge in [-0.3, -0.25) is 14.8 Å². The summed E-state index contributed by atoms with van der Waals surface area (Å²) in [5.74, 6) is 8.63. The third kappa shape index (κ3) is 7.15. The summed E-state index contributed by atoms with van der Waals surface area (Å²) in [6, 6.07) is 12.8. The lowest BCUT2D eigenvalue weighted by Gasteiger charge is -2.37. The van der Waals surface area contributed by atoms with Gasteiger partial charge in [-0.15, -0.1) is 11.3 Å². The molecule has 0 aliphatic rings. The number of carbonyl (C=O) groups is 1. The monoisotopic (exact) mass is 614 g/mol. The molecule has 4 rings (SSSR count). The van der Waals surface area contributed by atoms with E-state index >= 15 is 8.78 Å². The molecule has 0 aliphatic carbocycles. The number of carbonyl (C=O) groups excluding carboxylic acids is 1. The zero-order valence-electron chi connectivity index (χ0n) is 22.1. The highest BCUT2D eigenvalue weighted by Crippen LogP contribution is 2.46. The van der Waals surface area contributed by atoms with Crippen molar-refractivity contribution < 1.29 is 31.9 Å². The number of thiophene rings is 1. The first-order valence-corrected chi connectivity index (χ1v) is 13.2. The van der Waals surface area contributed by atoms with Gasteiger partial charge in [0.2, 0.25) is 0 Å². The number of benzene rings is 2. The number of halogens is 5. The summed E-state index contributed by atoms with van der Waals surface area (Å²) in [4.78, 5) is 17.0. The van der Waals surface area contributed by atoms with E-state index in [2.05, 4.69) is 27.2 Å². The van der Waals surface area contributed by atoms with E-state index in [4.69, 9.17) is 11.7 Å². The Kier molecular flexibility index (Phi) is 9.40. The molecule has 14 heteroatoms. The normalized spacial score (nSPS) is 12.8. The molecule has 222 valence electrons. The third-order valence-electron chi connectivity index (χ3n) is 6.11. The van der Waals surface area contributed by atoms with Crippen LogP contribution in [0.15, 0.2) is 78.0 Å². The molecule has 43 heavy (non-hydrogen) atoms. The SMILES string of the molecule is N/N=C\N(N)CC(O)(c1ccc(F)cc1F)C(F)(F)c1ccc(C#Cc2ccc(C(=O)NCc3cccc(F)c3)s2)cn1. The van der Waals surface area contributed by atoms with Crippen LogP contribution in [0.4, 0.5) is 22.0 Å². The van der Waals surface area contributed by atoms with Gasteiger partial charge in [0.1, 0.15) is 29.5 Å². The van der Waals surface area contributed by atoms with Crippen LogP contribution >= 0.6 is 11.3 Å². The summed E-state index contributed by atoms with van der Waals surface area (Å²) in [6.45, 7) is -0.964. The van der Waals surface area contributed by atoms with Crippen LogP contribution in [-0.2, 0) is 18.1 Å². The summed E-state index contributed by atoms with van der Waals surface area (Å²) < 4.78 is 73.0. The van der Waals surface area contributed by atoms with Crippen molar-refractivity contribution in [1.29, 1.82) is 0 Å². The zero-order chi connectivity index (χ0) is 31.2. The number of pyridine rings is 1. The predicted molar refractivity (Wildman–Crippen MR) is 150 cm³/mol. The maximum Gasteiger partial charge on any atom is 0.323 e. The van der Waals surface area contributed by atoms with E-state index in [1.54, 1.807) is 18.2 Å². The van der Waals surface area contributed by atoms with E-state index in [9.17, 15) is 23.1 Å². The van der Waals surface area contributed by atoms with Gasteiger partial charge >= 0.3 is 5.92 Å². The Balaban J connectivity index is 1.52. The molecule has 8 nitrogen and oxygen atoms in total. The van der Waals surface area contributed by atoms with Crippen LogP contribution < -0.4 is 17.0 Å². The number of alkyl halides is 2. The smallest absolute Gasteiger partial charge is 0.323 e. The number of aromatic nitrogens is 1. The maximum atomic E-state index is 15.8. The van der Waals surface area contributed by atoms with Crippen molar-refractivity contribution in [2.75, 3.05) is 6.54 Å². The van der Waals surface area contributed by atoms with Gasteiger partial charge in [0, 0.05) is 29.9 Å². The molecule has 0 spiro atoms. The summed E-state index contributed by atoms with van der Waals surface area (Å²) >= 11 is 1.09. The molecule has 0 fully saturated rings. The van der Waals surface area contributed by atoms with E-state index in [1.165, 1.54) is 24.3 Å². The van der Waals surface area contributed by atoms with Crippen molar-refractivity contribution in [2.45, 2.75) is 18.1 Å². The molecule has 1 atom stereocenters. The Morgan fingerprint density at radius 2 is 1.84 bits per heavy atom.